The van der Waals surface area contributed by atoms with Crippen molar-refractivity contribution in [2.45, 2.75) is 78.3 Å². The number of ether oxygens (including phenoxy) is 3. The predicted octanol–water partition coefficient (Wildman–Crippen LogP) is 4.37. The summed E-state index contributed by atoms with van der Waals surface area (Å²) in [5, 5.41) is 10.0. The van der Waals surface area contributed by atoms with Crippen molar-refractivity contribution in [3.8, 4) is 0 Å². The molecule has 4 rings (SSSR count). The zero-order chi connectivity index (χ0) is 19.6. The number of methoxy groups -OCH3 is 2. The highest BCUT2D eigenvalue weighted by molar-refractivity contribution is 5.75. The van der Waals surface area contributed by atoms with Gasteiger partial charge in [0.1, 0.15) is 0 Å². The Kier molecular flexibility index (Phi) is 4.53. The van der Waals surface area contributed by atoms with E-state index in [4.69, 9.17) is 14.2 Å². The van der Waals surface area contributed by atoms with Gasteiger partial charge in [-0.2, -0.15) is 0 Å². The van der Waals surface area contributed by atoms with Crippen molar-refractivity contribution in [3.63, 3.8) is 0 Å². The molecule has 1 N–H and O–H groups in total. The van der Waals surface area contributed by atoms with Gasteiger partial charge in [-0.15, -0.1) is 0 Å². The summed E-state index contributed by atoms with van der Waals surface area (Å²) in [7, 11) is 3.40. The van der Waals surface area contributed by atoms with Crippen molar-refractivity contribution in [1.82, 2.24) is 0 Å². The number of carbonyl (C=O) groups is 1. The maximum Gasteiger partial charge on any atom is 0.309 e. The van der Waals surface area contributed by atoms with Crippen LogP contribution < -0.4 is 0 Å². The van der Waals surface area contributed by atoms with Gasteiger partial charge in [0.25, 0.3) is 0 Å². The van der Waals surface area contributed by atoms with E-state index >= 15 is 0 Å². The van der Waals surface area contributed by atoms with Crippen molar-refractivity contribution >= 4 is 5.97 Å². The number of aliphatic carboxylic acids is 1. The van der Waals surface area contributed by atoms with Crippen LogP contribution in [0.3, 0.4) is 0 Å². The van der Waals surface area contributed by atoms with Crippen molar-refractivity contribution < 1.29 is 24.1 Å². The average Bonchev–Trinajstić information content (AvgIpc) is 3.00. The first kappa shape index (κ1) is 19.4. The molecule has 0 amide bonds. The van der Waals surface area contributed by atoms with Crippen LogP contribution in [-0.2, 0) is 19.0 Å². The Balaban J connectivity index is 1.77. The van der Waals surface area contributed by atoms with Gasteiger partial charge in [0, 0.05) is 14.2 Å². The summed E-state index contributed by atoms with van der Waals surface area (Å²) in [6, 6.07) is 0. The Morgan fingerprint density at radius 2 is 1.74 bits per heavy atom. The van der Waals surface area contributed by atoms with Crippen LogP contribution in [0, 0.1) is 28.1 Å². The first-order valence-electron chi connectivity index (χ1n) is 10.4. The summed E-state index contributed by atoms with van der Waals surface area (Å²) in [4.78, 5) is 12.2. The monoisotopic (exact) mass is 378 g/mol. The minimum atomic E-state index is -0.615. The molecule has 0 aromatic carbocycles. The second-order valence-electron chi connectivity index (χ2n) is 9.89. The lowest BCUT2D eigenvalue weighted by Gasteiger charge is -2.63. The van der Waals surface area contributed by atoms with Gasteiger partial charge in [-0.3, -0.25) is 4.79 Å². The standard InChI is InChI=1S/C22H34O5/c1-20-10-6-11-22(3,19(23)24)15(20)9-12-21(2)14(20)8-7-13-16(21)18(26-5)27-17(13)25-4/h14-15,17-18H,6-12H2,1-5H3,(H,23,24). The van der Waals surface area contributed by atoms with E-state index in [0.717, 1.165) is 44.9 Å². The lowest BCUT2D eigenvalue weighted by Crippen LogP contribution is -2.59. The van der Waals surface area contributed by atoms with Crippen molar-refractivity contribution in [2.24, 2.45) is 28.1 Å². The van der Waals surface area contributed by atoms with Crippen LogP contribution in [0.1, 0.15) is 65.7 Å². The van der Waals surface area contributed by atoms with Crippen molar-refractivity contribution in [2.75, 3.05) is 14.2 Å². The number of fused-ring (bicyclic) bond motifs is 4. The quantitative estimate of drug-likeness (QED) is 0.739. The van der Waals surface area contributed by atoms with Gasteiger partial charge in [-0.05, 0) is 79.3 Å². The second-order valence-corrected chi connectivity index (χ2v) is 9.89. The highest BCUT2D eigenvalue weighted by Gasteiger charge is 2.64. The summed E-state index contributed by atoms with van der Waals surface area (Å²) >= 11 is 0. The first-order valence-corrected chi connectivity index (χ1v) is 10.4. The molecule has 5 nitrogen and oxygen atoms in total. The van der Waals surface area contributed by atoms with Crippen LogP contribution in [0.5, 0.6) is 0 Å². The molecule has 5 heteroatoms. The largest absolute Gasteiger partial charge is 0.481 e. The molecule has 2 saturated carbocycles. The summed E-state index contributed by atoms with van der Waals surface area (Å²) in [6.45, 7) is 6.73. The molecule has 0 aromatic heterocycles. The molecule has 7 atom stereocenters. The Labute approximate surface area is 162 Å². The molecule has 3 aliphatic carbocycles. The number of hydrogen-bond donors (Lipinski definition) is 1. The highest BCUT2D eigenvalue weighted by atomic mass is 16.8. The van der Waals surface area contributed by atoms with Gasteiger partial charge in [0.15, 0.2) is 12.6 Å². The lowest BCUT2D eigenvalue weighted by atomic mass is 9.40. The number of carboxylic acid groups (broad SMARTS) is 1. The van der Waals surface area contributed by atoms with Crippen LogP contribution in [0.4, 0.5) is 0 Å². The van der Waals surface area contributed by atoms with Crippen LogP contribution >= 0.6 is 0 Å². The number of hydrogen-bond acceptors (Lipinski definition) is 4. The molecule has 1 aliphatic heterocycles. The zero-order valence-electron chi connectivity index (χ0n) is 17.3. The minimum Gasteiger partial charge on any atom is -0.481 e. The van der Waals surface area contributed by atoms with E-state index in [0.29, 0.717) is 5.92 Å². The minimum absolute atomic E-state index is 0.0104. The molecule has 152 valence electrons. The van der Waals surface area contributed by atoms with Gasteiger partial charge in [0.05, 0.1) is 5.41 Å². The molecule has 0 saturated heterocycles. The van der Waals surface area contributed by atoms with E-state index in [9.17, 15) is 9.90 Å². The van der Waals surface area contributed by atoms with Gasteiger partial charge >= 0.3 is 5.97 Å². The maximum atomic E-state index is 12.2. The summed E-state index contributed by atoms with van der Waals surface area (Å²) in [5.74, 6) is 0.0764. The first-order chi connectivity index (χ1) is 12.7. The molecule has 0 spiro atoms. The normalized spacial score (nSPS) is 49.4. The van der Waals surface area contributed by atoms with Gasteiger partial charge in [0.2, 0.25) is 0 Å². The topological polar surface area (TPSA) is 65.0 Å². The van der Waals surface area contributed by atoms with Crippen molar-refractivity contribution in [3.05, 3.63) is 11.1 Å². The van der Waals surface area contributed by atoms with E-state index in [1.807, 2.05) is 6.92 Å². The van der Waals surface area contributed by atoms with E-state index in [1.54, 1.807) is 14.2 Å². The van der Waals surface area contributed by atoms with Crippen LogP contribution in [0.25, 0.3) is 0 Å². The van der Waals surface area contributed by atoms with Crippen LogP contribution in [0.2, 0.25) is 0 Å². The van der Waals surface area contributed by atoms with Gasteiger partial charge < -0.3 is 19.3 Å². The lowest BCUT2D eigenvalue weighted by molar-refractivity contribution is -0.190. The molecule has 27 heavy (non-hydrogen) atoms. The number of rotatable bonds is 3. The van der Waals surface area contributed by atoms with E-state index in [2.05, 4.69) is 13.8 Å². The fourth-order valence-electron chi connectivity index (χ4n) is 7.65. The molecule has 0 bridgehead atoms. The Morgan fingerprint density at radius 3 is 2.37 bits per heavy atom. The van der Waals surface area contributed by atoms with E-state index in [-0.39, 0.29) is 29.3 Å². The van der Waals surface area contributed by atoms with Crippen LogP contribution in [-0.4, -0.2) is 37.9 Å². The summed E-state index contributed by atoms with van der Waals surface area (Å²) in [5.41, 5.74) is 1.98. The van der Waals surface area contributed by atoms with E-state index < -0.39 is 11.4 Å². The third kappa shape index (κ3) is 2.44. The molecular weight excluding hydrogens is 344 g/mol. The summed E-state index contributed by atoms with van der Waals surface area (Å²) in [6.07, 6.45) is 6.27. The molecule has 0 aromatic rings. The molecule has 1 heterocycles. The summed E-state index contributed by atoms with van der Waals surface area (Å²) < 4.78 is 17.4. The smallest absolute Gasteiger partial charge is 0.309 e. The molecular formula is C22H34O5. The molecule has 2 fully saturated rings. The second kappa shape index (κ2) is 6.30. The number of carboxylic acids is 1. The third-order valence-corrected chi connectivity index (χ3v) is 8.84. The fourth-order valence-corrected chi connectivity index (χ4v) is 7.65. The highest BCUT2D eigenvalue weighted by Crippen LogP contribution is 2.69. The maximum absolute atomic E-state index is 12.2. The van der Waals surface area contributed by atoms with Crippen molar-refractivity contribution in [1.29, 1.82) is 0 Å². The van der Waals surface area contributed by atoms with E-state index in [1.165, 1.54) is 11.1 Å². The average molecular weight is 379 g/mol. The Morgan fingerprint density at radius 1 is 1.04 bits per heavy atom. The van der Waals surface area contributed by atoms with Gasteiger partial charge in [-0.1, -0.05) is 20.3 Å². The Hall–Kier alpha value is -0.910. The Bertz CT molecular complexity index is 672. The molecule has 0 radical (unpaired) electrons. The molecule has 7 unspecified atom stereocenters. The van der Waals surface area contributed by atoms with Gasteiger partial charge in [-0.25, -0.2) is 0 Å². The van der Waals surface area contributed by atoms with Crippen LogP contribution in [0.15, 0.2) is 11.1 Å². The fraction of sp³-hybridized carbons (Fsp3) is 0.864. The third-order valence-electron chi connectivity index (χ3n) is 8.84. The SMILES string of the molecule is COC1OC(OC)C2=C1CCC1C2(C)CCC2C(C)(C(=O)O)CCCC21C. The predicted molar refractivity (Wildman–Crippen MR) is 101 cm³/mol. The molecule has 4 aliphatic rings. The zero-order valence-corrected chi connectivity index (χ0v) is 17.3.